The molecule has 0 saturated carbocycles. The molecule has 1 unspecified atom stereocenters. The van der Waals surface area contributed by atoms with E-state index >= 15 is 0 Å². The number of carbonyl (C=O) groups is 1. The van der Waals surface area contributed by atoms with Crippen molar-refractivity contribution < 1.29 is 19.2 Å². The van der Waals surface area contributed by atoms with Crippen molar-refractivity contribution in [3.63, 3.8) is 0 Å². The molecule has 0 aliphatic carbocycles. The van der Waals surface area contributed by atoms with E-state index in [1.165, 1.54) is 0 Å². The molecule has 0 bridgehead atoms. The van der Waals surface area contributed by atoms with E-state index in [-0.39, 0.29) is 35.7 Å². The monoisotopic (exact) mass is 495 g/mol. The number of nitro groups is 1. The number of ether oxygens (including phenoxy) is 2. The van der Waals surface area contributed by atoms with Crippen LogP contribution in [0.5, 0.6) is 5.75 Å². The van der Waals surface area contributed by atoms with Crippen molar-refractivity contribution in [2.24, 2.45) is 0 Å². The van der Waals surface area contributed by atoms with E-state index in [0.29, 0.717) is 13.1 Å². The van der Waals surface area contributed by atoms with Gasteiger partial charge in [-0.2, -0.15) is 0 Å². The zero-order valence-electron chi connectivity index (χ0n) is 21.8. The zero-order valence-corrected chi connectivity index (χ0v) is 21.8. The lowest BCUT2D eigenvalue weighted by molar-refractivity contribution is -0.386. The van der Waals surface area contributed by atoms with Crippen LogP contribution in [0.25, 0.3) is 6.08 Å². The summed E-state index contributed by atoms with van der Waals surface area (Å²) in [7, 11) is 0. The Morgan fingerprint density at radius 3 is 2.36 bits per heavy atom. The van der Waals surface area contributed by atoms with Gasteiger partial charge in [0, 0.05) is 25.2 Å². The molecule has 1 saturated heterocycles. The van der Waals surface area contributed by atoms with Crippen LogP contribution in [0.4, 0.5) is 10.5 Å². The van der Waals surface area contributed by atoms with E-state index in [1.807, 2.05) is 65.0 Å². The lowest BCUT2D eigenvalue weighted by Gasteiger charge is -2.36. The van der Waals surface area contributed by atoms with Gasteiger partial charge in [-0.05, 0) is 70.2 Å². The van der Waals surface area contributed by atoms with Gasteiger partial charge in [0.25, 0.3) is 0 Å². The van der Waals surface area contributed by atoms with Crippen molar-refractivity contribution in [2.75, 3.05) is 13.1 Å². The van der Waals surface area contributed by atoms with Crippen LogP contribution in [-0.4, -0.2) is 46.8 Å². The highest BCUT2D eigenvalue weighted by molar-refractivity contribution is 5.68. The molecule has 1 fully saturated rings. The second-order valence-corrected chi connectivity index (χ2v) is 10.3. The first-order valence-corrected chi connectivity index (χ1v) is 12.4. The fourth-order valence-corrected chi connectivity index (χ4v) is 4.32. The maximum Gasteiger partial charge on any atom is 0.410 e. The third-order valence-electron chi connectivity index (χ3n) is 5.94. The molecule has 194 valence electrons. The number of rotatable bonds is 8. The Hall–Kier alpha value is -3.39. The summed E-state index contributed by atoms with van der Waals surface area (Å²) in [6, 6.07) is 13.0. The van der Waals surface area contributed by atoms with Crippen molar-refractivity contribution in [3.05, 3.63) is 75.8 Å². The quantitative estimate of drug-likeness (QED) is 0.351. The van der Waals surface area contributed by atoms with Gasteiger partial charge >= 0.3 is 11.8 Å². The highest BCUT2D eigenvalue weighted by atomic mass is 16.6. The van der Waals surface area contributed by atoms with Crippen LogP contribution in [0.15, 0.2) is 49.0 Å². The van der Waals surface area contributed by atoms with Gasteiger partial charge in [0.2, 0.25) is 0 Å². The van der Waals surface area contributed by atoms with Gasteiger partial charge in [0.1, 0.15) is 5.60 Å². The summed E-state index contributed by atoms with van der Waals surface area (Å²) in [4.78, 5) is 25.7. The molecule has 1 amide bonds. The fourth-order valence-electron chi connectivity index (χ4n) is 4.32. The highest BCUT2D eigenvalue weighted by Crippen LogP contribution is 2.37. The minimum absolute atomic E-state index is 0.0771. The fraction of sp³-hybridized carbons (Fsp3) is 0.464. The lowest BCUT2D eigenvalue weighted by atomic mass is 9.91. The topological polar surface area (TPSA) is 93.9 Å². The van der Waals surface area contributed by atoms with Gasteiger partial charge in [0.15, 0.2) is 5.75 Å². The van der Waals surface area contributed by atoms with E-state index in [2.05, 4.69) is 11.9 Å². The molecule has 1 N–H and O–H groups in total. The van der Waals surface area contributed by atoms with E-state index in [4.69, 9.17) is 9.47 Å². The molecular formula is C28H37N3O5. The van der Waals surface area contributed by atoms with Crippen molar-refractivity contribution in [1.82, 2.24) is 10.2 Å². The molecule has 1 aliphatic heterocycles. The van der Waals surface area contributed by atoms with Crippen molar-refractivity contribution >= 4 is 17.9 Å². The van der Waals surface area contributed by atoms with E-state index in [0.717, 1.165) is 29.5 Å². The van der Waals surface area contributed by atoms with Gasteiger partial charge in [-0.25, -0.2) is 4.79 Å². The summed E-state index contributed by atoms with van der Waals surface area (Å²) in [6.07, 6.45) is 2.68. The van der Waals surface area contributed by atoms with Crippen LogP contribution in [0.1, 0.15) is 70.2 Å². The predicted octanol–water partition coefficient (Wildman–Crippen LogP) is 6.10. The second-order valence-electron chi connectivity index (χ2n) is 10.3. The number of amides is 1. The largest absolute Gasteiger partial charge is 0.484 e. The molecule has 2 aromatic rings. The maximum atomic E-state index is 12.5. The van der Waals surface area contributed by atoms with Gasteiger partial charge in [-0.15, -0.1) is 0 Å². The zero-order chi connectivity index (χ0) is 26.5. The Kier molecular flexibility index (Phi) is 8.74. The Morgan fingerprint density at radius 2 is 1.83 bits per heavy atom. The molecule has 3 rings (SSSR count). The Labute approximate surface area is 213 Å². The van der Waals surface area contributed by atoms with Crippen molar-refractivity contribution in [3.8, 4) is 5.75 Å². The molecule has 0 radical (unpaired) electrons. The average Bonchev–Trinajstić information content (AvgIpc) is 2.81. The summed E-state index contributed by atoms with van der Waals surface area (Å²) in [5.41, 5.74) is 1.90. The smallest absolute Gasteiger partial charge is 0.410 e. The average molecular weight is 496 g/mol. The summed E-state index contributed by atoms with van der Waals surface area (Å²) >= 11 is 0. The number of nitro benzene ring substituents is 1. The Balaban J connectivity index is 1.90. The molecule has 8 nitrogen and oxygen atoms in total. The number of hydrogen-bond acceptors (Lipinski definition) is 6. The number of likely N-dealkylation sites (tertiary alicyclic amines) is 1. The van der Waals surface area contributed by atoms with E-state index < -0.39 is 10.5 Å². The highest BCUT2D eigenvalue weighted by Gasteiger charge is 2.30. The minimum Gasteiger partial charge on any atom is -0.484 e. The van der Waals surface area contributed by atoms with Crippen molar-refractivity contribution in [1.29, 1.82) is 0 Å². The number of carbonyl (C=O) groups excluding carboxylic acids is 1. The Morgan fingerprint density at radius 1 is 1.19 bits per heavy atom. The van der Waals surface area contributed by atoms with E-state index in [9.17, 15) is 14.9 Å². The molecule has 0 aromatic heterocycles. The number of benzene rings is 2. The van der Waals surface area contributed by atoms with Crippen LogP contribution in [0.3, 0.4) is 0 Å². The molecular weight excluding hydrogens is 458 g/mol. The summed E-state index contributed by atoms with van der Waals surface area (Å²) in [6.45, 7) is 14.4. The molecule has 1 atom stereocenters. The third-order valence-corrected chi connectivity index (χ3v) is 5.94. The standard InChI is InChI=1S/C28H37N3O5/c1-7-20-17-25(35-19(2)3)24(31(33)34)18-23(20)26(21-11-9-8-10-12-21)29-22-13-15-30(16-14-22)27(32)36-28(4,5)6/h7-12,17-19,22,26,29H,1,13-16H2,2-6H3. The number of piperidine rings is 1. The SMILES string of the molecule is C=Cc1cc(OC(C)C)c([N+](=O)[O-])cc1C(NC1CCN(C(=O)OC(C)(C)C)CC1)c1ccccc1. The lowest BCUT2D eigenvalue weighted by Crippen LogP contribution is -2.47. The normalized spacial score (nSPS) is 15.4. The molecule has 2 aromatic carbocycles. The van der Waals surface area contributed by atoms with Crippen LogP contribution in [-0.2, 0) is 4.74 Å². The minimum atomic E-state index is -0.536. The first-order chi connectivity index (χ1) is 17.0. The second kappa shape index (κ2) is 11.6. The number of nitrogens with zero attached hydrogens (tertiary/aromatic N) is 2. The molecule has 1 heterocycles. The maximum absolute atomic E-state index is 12.5. The van der Waals surface area contributed by atoms with E-state index in [1.54, 1.807) is 23.1 Å². The molecule has 36 heavy (non-hydrogen) atoms. The first kappa shape index (κ1) is 27.2. The van der Waals surface area contributed by atoms with Crippen LogP contribution in [0, 0.1) is 10.1 Å². The predicted molar refractivity (Wildman–Crippen MR) is 141 cm³/mol. The Bertz CT molecular complexity index is 1070. The third kappa shape index (κ3) is 7.07. The van der Waals surface area contributed by atoms with Crippen molar-refractivity contribution in [2.45, 2.75) is 71.2 Å². The number of hydrogen-bond donors (Lipinski definition) is 1. The van der Waals surface area contributed by atoms with Crippen LogP contribution in [0.2, 0.25) is 0 Å². The summed E-state index contributed by atoms with van der Waals surface area (Å²) < 4.78 is 11.3. The number of nitrogens with one attached hydrogen (secondary N) is 1. The van der Waals surface area contributed by atoms with Gasteiger partial charge in [-0.3, -0.25) is 10.1 Å². The van der Waals surface area contributed by atoms with Gasteiger partial charge in [-0.1, -0.05) is 43.0 Å². The van der Waals surface area contributed by atoms with Gasteiger partial charge in [0.05, 0.1) is 17.1 Å². The summed E-state index contributed by atoms with van der Waals surface area (Å²) in [5.74, 6) is 0.228. The van der Waals surface area contributed by atoms with Crippen LogP contribution >= 0.6 is 0 Å². The molecule has 8 heteroatoms. The first-order valence-electron chi connectivity index (χ1n) is 12.4. The van der Waals surface area contributed by atoms with Gasteiger partial charge < -0.3 is 19.7 Å². The molecule has 0 spiro atoms. The summed E-state index contributed by atoms with van der Waals surface area (Å²) in [5, 5.41) is 15.6. The van der Waals surface area contributed by atoms with Crippen LogP contribution < -0.4 is 10.1 Å². The molecule has 1 aliphatic rings.